The fourth-order valence-electron chi connectivity index (χ4n) is 2.18. The Morgan fingerprint density at radius 2 is 1.92 bits per heavy atom. The highest BCUT2D eigenvalue weighted by atomic mass is 32.2. The Labute approximate surface area is 144 Å². The minimum absolute atomic E-state index is 0.0656. The van der Waals surface area contributed by atoms with E-state index in [-0.39, 0.29) is 29.4 Å². The van der Waals surface area contributed by atoms with Gasteiger partial charge in [0.25, 0.3) is 15.6 Å². The first kappa shape index (κ1) is 18.6. The third-order valence-corrected chi connectivity index (χ3v) is 4.74. The van der Waals surface area contributed by atoms with Gasteiger partial charge in [-0.3, -0.25) is 14.6 Å². The van der Waals surface area contributed by atoms with Crippen molar-refractivity contribution in [2.45, 2.75) is 25.2 Å². The quantitative estimate of drug-likeness (QED) is 0.571. The van der Waals surface area contributed by atoms with Crippen molar-refractivity contribution in [1.82, 2.24) is 14.7 Å². The fraction of sp³-hybridized carbons (Fsp3) is 0.267. The molecule has 1 heterocycles. The van der Waals surface area contributed by atoms with Crippen LogP contribution in [0.3, 0.4) is 0 Å². The maximum absolute atomic E-state index is 12.0. The van der Waals surface area contributed by atoms with Crippen molar-refractivity contribution in [3.63, 3.8) is 0 Å². The molecule has 0 aliphatic carbocycles. The van der Waals surface area contributed by atoms with Crippen molar-refractivity contribution in [3.05, 3.63) is 45.9 Å². The van der Waals surface area contributed by atoms with Gasteiger partial charge in [-0.25, -0.2) is 18.1 Å². The maximum atomic E-state index is 12.0. The number of carbonyl (C=O) groups excluding carboxylic acids is 1. The van der Waals surface area contributed by atoms with Crippen molar-refractivity contribution in [2.24, 2.45) is 0 Å². The molecule has 0 aliphatic rings. The molecule has 0 atom stereocenters. The first-order chi connectivity index (χ1) is 11.7. The number of rotatable bonds is 6. The zero-order valence-electron chi connectivity index (χ0n) is 13.7. The van der Waals surface area contributed by atoms with Crippen molar-refractivity contribution < 1.29 is 18.3 Å². The van der Waals surface area contributed by atoms with Gasteiger partial charge in [0.2, 0.25) is 11.9 Å². The summed E-state index contributed by atoms with van der Waals surface area (Å²) in [5.74, 6) is -0.482. The zero-order chi connectivity index (χ0) is 18.6. The average molecular weight is 366 g/mol. The lowest BCUT2D eigenvalue weighted by atomic mass is 10.2. The van der Waals surface area contributed by atoms with Crippen LogP contribution in [0, 0.1) is 6.92 Å². The molecule has 134 valence electrons. The number of amides is 1. The summed E-state index contributed by atoms with van der Waals surface area (Å²) in [6.07, 6.45) is 0.212. The van der Waals surface area contributed by atoms with E-state index in [1.54, 1.807) is 6.92 Å². The van der Waals surface area contributed by atoms with Crippen LogP contribution in [0.25, 0.3) is 0 Å². The number of nitrogens with zero attached hydrogens (tertiary/aromatic N) is 1. The number of aliphatic hydroxyl groups is 1. The average Bonchev–Trinajstić information content (AvgIpc) is 2.50. The predicted molar refractivity (Wildman–Crippen MR) is 91.1 cm³/mol. The summed E-state index contributed by atoms with van der Waals surface area (Å²) in [4.78, 5) is 29.6. The SMILES string of the molecule is CC(=O)NS(=O)(=O)c1ccc(Nc2nc(C)c(CCO)c(=O)[nH]2)cc1. The van der Waals surface area contributed by atoms with Gasteiger partial charge in [-0.1, -0.05) is 0 Å². The van der Waals surface area contributed by atoms with E-state index in [9.17, 15) is 18.0 Å². The Hall–Kier alpha value is -2.72. The number of aliphatic hydroxyl groups excluding tert-OH is 1. The van der Waals surface area contributed by atoms with Gasteiger partial charge >= 0.3 is 0 Å². The molecule has 0 saturated carbocycles. The summed E-state index contributed by atoms with van der Waals surface area (Å²) < 4.78 is 25.6. The molecule has 2 aromatic rings. The van der Waals surface area contributed by atoms with E-state index in [0.29, 0.717) is 16.9 Å². The van der Waals surface area contributed by atoms with E-state index in [4.69, 9.17) is 5.11 Å². The minimum Gasteiger partial charge on any atom is -0.396 e. The normalized spacial score (nSPS) is 11.2. The molecule has 0 saturated heterocycles. The number of nitrogens with one attached hydrogen (secondary N) is 3. The third-order valence-electron chi connectivity index (χ3n) is 3.29. The van der Waals surface area contributed by atoms with Gasteiger partial charge in [-0.15, -0.1) is 0 Å². The molecule has 0 aliphatic heterocycles. The molecule has 4 N–H and O–H groups in total. The molecule has 0 fully saturated rings. The van der Waals surface area contributed by atoms with E-state index in [1.165, 1.54) is 24.3 Å². The number of sulfonamides is 1. The number of aryl methyl sites for hydroxylation is 1. The molecule has 0 unspecified atom stereocenters. The first-order valence-corrected chi connectivity index (χ1v) is 8.82. The first-order valence-electron chi connectivity index (χ1n) is 7.34. The van der Waals surface area contributed by atoms with E-state index < -0.39 is 15.9 Å². The Balaban J connectivity index is 2.22. The number of benzene rings is 1. The van der Waals surface area contributed by atoms with Gasteiger partial charge in [0.15, 0.2) is 0 Å². The zero-order valence-corrected chi connectivity index (χ0v) is 14.5. The number of H-pyrrole nitrogens is 1. The molecule has 9 nitrogen and oxygen atoms in total. The van der Waals surface area contributed by atoms with Gasteiger partial charge < -0.3 is 10.4 Å². The molecule has 0 radical (unpaired) electrons. The monoisotopic (exact) mass is 366 g/mol. The summed E-state index contributed by atoms with van der Waals surface area (Å²) in [5.41, 5.74) is 1.04. The Morgan fingerprint density at radius 3 is 2.44 bits per heavy atom. The van der Waals surface area contributed by atoms with Gasteiger partial charge in [0.05, 0.1) is 10.6 Å². The van der Waals surface area contributed by atoms with Crippen LogP contribution in [0.1, 0.15) is 18.2 Å². The van der Waals surface area contributed by atoms with Crippen LogP contribution in [0.5, 0.6) is 0 Å². The molecular weight excluding hydrogens is 348 g/mol. The van der Waals surface area contributed by atoms with Crippen LogP contribution in [0.4, 0.5) is 11.6 Å². The summed E-state index contributed by atoms with van der Waals surface area (Å²) in [6, 6.07) is 5.59. The lowest BCUT2D eigenvalue weighted by Gasteiger charge is -2.09. The van der Waals surface area contributed by atoms with Gasteiger partial charge in [-0.2, -0.15) is 0 Å². The van der Waals surface area contributed by atoms with Crippen LogP contribution >= 0.6 is 0 Å². The molecule has 2 rings (SSSR count). The molecule has 0 bridgehead atoms. The second-order valence-corrected chi connectivity index (χ2v) is 6.95. The van der Waals surface area contributed by atoms with Crippen molar-refractivity contribution >= 4 is 27.6 Å². The summed E-state index contributed by atoms with van der Waals surface area (Å²) in [7, 11) is -3.90. The number of aromatic nitrogens is 2. The van der Waals surface area contributed by atoms with Crippen LogP contribution < -0.4 is 15.6 Å². The topological polar surface area (TPSA) is 141 Å². The van der Waals surface area contributed by atoms with Crippen LogP contribution in [-0.4, -0.2) is 36.0 Å². The fourth-order valence-corrected chi connectivity index (χ4v) is 3.17. The van der Waals surface area contributed by atoms with E-state index in [2.05, 4.69) is 15.3 Å². The van der Waals surface area contributed by atoms with Crippen molar-refractivity contribution in [3.8, 4) is 0 Å². The summed E-state index contributed by atoms with van der Waals surface area (Å²) >= 11 is 0. The van der Waals surface area contributed by atoms with Crippen molar-refractivity contribution in [1.29, 1.82) is 0 Å². The van der Waals surface area contributed by atoms with E-state index in [1.807, 2.05) is 4.72 Å². The standard InChI is InChI=1S/C15H18N4O5S/c1-9-13(7-8-20)14(22)18-15(16-9)17-11-3-5-12(6-4-11)25(23,24)19-10(2)21/h3-6,20H,7-8H2,1-2H3,(H,19,21)(H2,16,17,18,22). The molecule has 1 aromatic heterocycles. The molecule has 25 heavy (non-hydrogen) atoms. The second-order valence-electron chi connectivity index (χ2n) is 5.26. The minimum atomic E-state index is -3.90. The predicted octanol–water partition coefficient (Wildman–Crippen LogP) is 0.182. The van der Waals surface area contributed by atoms with E-state index >= 15 is 0 Å². The number of anilines is 2. The Morgan fingerprint density at radius 1 is 1.28 bits per heavy atom. The second kappa shape index (κ2) is 7.45. The van der Waals surface area contributed by atoms with Gasteiger partial charge in [0, 0.05) is 31.2 Å². The highest BCUT2D eigenvalue weighted by Gasteiger charge is 2.15. The Bertz CT molecular complexity index is 935. The molecular formula is C15H18N4O5S. The number of aromatic amines is 1. The third kappa shape index (κ3) is 4.64. The van der Waals surface area contributed by atoms with Gasteiger partial charge in [0.1, 0.15) is 0 Å². The smallest absolute Gasteiger partial charge is 0.264 e. The largest absolute Gasteiger partial charge is 0.396 e. The molecule has 1 aromatic carbocycles. The molecule has 10 heteroatoms. The maximum Gasteiger partial charge on any atom is 0.264 e. The lowest BCUT2D eigenvalue weighted by Crippen LogP contribution is -2.28. The van der Waals surface area contributed by atoms with E-state index in [0.717, 1.165) is 6.92 Å². The highest BCUT2D eigenvalue weighted by molar-refractivity contribution is 7.90. The number of hydrogen-bond acceptors (Lipinski definition) is 7. The lowest BCUT2D eigenvalue weighted by molar-refractivity contribution is -0.117. The van der Waals surface area contributed by atoms with Crippen molar-refractivity contribution in [2.75, 3.05) is 11.9 Å². The summed E-state index contributed by atoms with van der Waals surface area (Å²) in [5, 5.41) is 11.8. The molecule has 1 amide bonds. The highest BCUT2D eigenvalue weighted by Crippen LogP contribution is 2.17. The van der Waals surface area contributed by atoms with Crippen LogP contribution in [0.15, 0.2) is 34.0 Å². The van der Waals surface area contributed by atoms with Gasteiger partial charge in [-0.05, 0) is 31.2 Å². The number of carbonyl (C=O) groups is 1. The summed E-state index contributed by atoms with van der Waals surface area (Å²) in [6.45, 7) is 2.62. The Kier molecular flexibility index (Phi) is 5.55. The van der Waals surface area contributed by atoms with Crippen LogP contribution in [0.2, 0.25) is 0 Å². The number of hydrogen-bond donors (Lipinski definition) is 4. The molecule has 0 spiro atoms. The van der Waals surface area contributed by atoms with Crippen LogP contribution in [-0.2, 0) is 21.2 Å².